The molecule has 0 aromatic rings. The van der Waals surface area contributed by atoms with Gasteiger partial charge in [-0.1, -0.05) is 90.2 Å². The second-order valence-corrected chi connectivity index (χ2v) is 19.1. The SMILES string of the molecule is CC[C@H](C)[C@H](NC(=O)CCCCCCCC1CCC(C[C@@H](C(O)N(C)CC(=O)NCCCC2CCC(C(F)(F)F)C(OC)C2)N2CC/C=C\C[C@H](NC)C2=O)CC1)C(=O)N(C)CC=O. The average molecular weight is 913 g/mol. The Hall–Kier alpha value is -3.08. The zero-order valence-corrected chi connectivity index (χ0v) is 39.8. The van der Waals surface area contributed by atoms with Crippen LogP contribution in [0.25, 0.3) is 0 Å². The molecule has 0 aromatic carbocycles. The molecule has 0 bridgehead atoms. The van der Waals surface area contributed by atoms with Crippen molar-refractivity contribution in [1.29, 1.82) is 0 Å². The van der Waals surface area contributed by atoms with Gasteiger partial charge in [-0.05, 0) is 95.6 Å². The number of carbonyl (C=O) groups is 5. The van der Waals surface area contributed by atoms with Crippen LogP contribution < -0.4 is 16.0 Å². The molecule has 2 saturated carbocycles. The molecule has 4 unspecified atom stereocenters. The van der Waals surface area contributed by atoms with Crippen molar-refractivity contribution < 1.29 is 47.0 Å². The summed E-state index contributed by atoms with van der Waals surface area (Å²) in [7, 11) is 6.40. The summed E-state index contributed by atoms with van der Waals surface area (Å²) in [5, 5.41) is 20.9. The monoisotopic (exact) mass is 913 g/mol. The highest BCUT2D eigenvalue weighted by atomic mass is 19.4. The summed E-state index contributed by atoms with van der Waals surface area (Å²) in [6.07, 6.45) is 14.2. The number of amides is 4. The van der Waals surface area contributed by atoms with Crippen molar-refractivity contribution >= 4 is 29.9 Å². The van der Waals surface area contributed by atoms with Crippen molar-refractivity contribution in [2.45, 2.75) is 179 Å². The Labute approximate surface area is 381 Å². The molecule has 0 spiro atoms. The Morgan fingerprint density at radius 1 is 0.953 bits per heavy atom. The first-order chi connectivity index (χ1) is 30.5. The van der Waals surface area contributed by atoms with Crippen LogP contribution in [-0.4, -0.2) is 141 Å². The molecule has 2 fully saturated rings. The number of hydrogen-bond donors (Lipinski definition) is 4. The number of nitrogens with one attached hydrogen (secondary N) is 3. The van der Waals surface area contributed by atoms with E-state index in [0.29, 0.717) is 82.6 Å². The summed E-state index contributed by atoms with van der Waals surface area (Å²) >= 11 is 0. The van der Waals surface area contributed by atoms with E-state index in [1.807, 2.05) is 24.8 Å². The number of nitrogens with zero attached hydrogens (tertiary/aromatic N) is 3. The van der Waals surface area contributed by atoms with E-state index in [2.05, 4.69) is 22.0 Å². The highest BCUT2D eigenvalue weighted by Crippen LogP contribution is 2.42. The largest absolute Gasteiger partial charge is 0.394 e. The van der Waals surface area contributed by atoms with Crippen molar-refractivity contribution in [3.8, 4) is 0 Å². The van der Waals surface area contributed by atoms with Gasteiger partial charge >= 0.3 is 6.18 Å². The van der Waals surface area contributed by atoms with Gasteiger partial charge in [0, 0.05) is 33.7 Å². The molecule has 64 heavy (non-hydrogen) atoms. The number of aldehydes is 1. The highest BCUT2D eigenvalue weighted by Gasteiger charge is 2.47. The molecule has 3 rings (SSSR count). The van der Waals surface area contributed by atoms with Crippen LogP contribution in [0.4, 0.5) is 13.2 Å². The number of likely N-dealkylation sites (N-methyl/N-ethyl adjacent to an activating group) is 3. The van der Waals surface area contributed by atoms with Crippen LogP contribution in [-0.2, 0) is 28.7 Å². The zero-order chi connectivity index (χ0) is 47.2. The van der Waals surface area contributed by atoms with Crippen LogP contribution in [0, 0.1) is 29.6 Å². The van der Waals surface area contributed by atoms with Crippen LogP contribution in [0.2, 0.25) is 0 Å². The van der Waals surface area contributed by atoms with Gasteiger partial charge in [0.05, 0.1) is 37.2 Å². The van der Waals surface area contributed by atoms with E-state index in [1.54, 1.807) is 26.0 Å². The van der Waals surface area contributed by atoms with Crippen LogP contribution in [0.5, 0.6) is 0 Å². The third kappa shape index (κ3) is 18.3. The normalized spacial score (nSPS) is 25.7. The van der Waals surface area contributed by atoms with Crippen LogP contribution in [0.15, 0.2) is 12.2 Å². The van der Waals surface area contributed by atoms with Crippen LogP contribution in [0.3, 0.4) is 0 Å². The van der Waals surface area contributed by atoms with E-state index in [4.69, 9.17) is 4.74 Å². The minimum absolute atomic E-state index is 0.00136. The van der Waals surface area contributed by atoms with Crippen molar-refractivity contribution in [2.75, 3.05) is 54.4 Å². The summed E-state index contributed by atoms with van der Waals surface area (Å²) in [6.45, 7) is 4.71. The Morgan fingerprint density at radius 3 is 2.27 bits per heavy atom. The molecule has 16 heteroatoms. The number of rotatable bonds is 27. The third-order valence-electron chi connectivity index (χ3n) is 14.4. The fourth-order valence-electron chi connectivity index (χ4n) is 10.1. The molecular formula is C48H83F3N6O7. The second kappa shape index (κ2) is 28.8. The molecular weight excluding hydrogens is 830 g/mol. The number of aliphatic hydroxyl groups excluding tert-OH is 1. The van der Waals surface area contributed by atoms with Crippen molar-refractivity contribution in [1.82, 2.24) is 30.7 Å². The first-order valence-corrected chi connectivity index (χ1v) is 24.4. The van der Waals surface area contributed by atoms with E-state index in [-0.39, 0.29) is 55.0 Å². The number of methoxy groups -OCH3 is 1. The minimum atomic E-state index is -4.27. The number of ether oxygens (including phenoxy) is 1. The molecule has 1 heterocycles. The maximum absolute atomic E-state index is 13.9. The highest BCUT2D eigenvalue weighted by molar-refractivity contribution is 5.88. The predicted octanol–water partition coefficient (Wildman–Crippen LogP) is 6.38. The van der Waals surface area contributed by atoms with E-state index < -0.39 is 42.6 Å². The van der Waals surface area contributed by atoms with Crippen molar-refractivity contribution in [3.63, 3.8) is 0 Å². The standard InChI is InChI=1S/C48H83F3N6O7/c1-7-34(2)44(47(63)55(4)29-30-58)54-42(59)20-14-10-8-9-12-17-35-21-23-37(24-22-35)31-40(57-28-15-11-13-19-39(52-3)45(57)61)46(62)56(5)33-43(60)53-27-16-18-36-25-26-38(48(49,50)51)41(32-36)64-6/h11,13,30,34-41,44,46,52,62H,7-10,12,14-29,31-33H2,1-6H3,(H,53,60)(H,54,59)/b13-11-/t34-,35?,36?,37?,38?,39-,40-,41?,44-,46?/m0/s1. The summed E-state index contributed by atoms with van der Waals surface area (Å²) in [6, 6.07) is -1.54. The fourth-order valence-corrected chi connectivity index (χ4v) is 10.1. The number of halogens is 3. The number of carbonyl (C=O) groups excluding carboxylic acids is 5. The molecule has 0 radical (unpaired) electrons. The maximum atomic E-state index is 13.9. The summed E-state index contributed by atoms with van der Waals surface area (Å²) in [5.41, 5.74) is 0. The lowest BCUT2D eigenvalue weighted by atomic mass is 9.77. The molecule has 2 aliphatic carbocycles. The molecule has 1 aliphatic heterocycles. The lowest BCUT2D eigenvalue weighted by Crippen LogP contribution is -2.58. The molecule has 4 amide bonds. The van der Waals surface area contributed by atoms with Gasteiger partial charge < -0.3 is 40.4 Å². The number of hydrogen-bond acceptors (Lipinski definition) is 9. The van der Waals surface area contributed by atoms with Gasteiger partial charge in [-0.15, -0.1) is 0 Å². The van der Waals surface area contributed by atoms with Crippen LogP contribution >= 0.6 is 0 Å². The fraction of sp³-hybridized carbons (Fsp3) is 0.854. The summed E-state index contributed by atoms with van der Waals surface area (Å²) < 4.78 is 45.4. The molecule has 4 N–H and O–H groups in total. The van der Waals surface area contributed by atoms with Gasteiger partial charge in [0.15, 0.2) is 0 Å². The molecule has 0 saturated heterocycles. The number of aliphatic hydroxyl groups is 1. The molecule has 368 valence electrons. The van der Waals surface area contributed by atoms with E-state index in [0.717, 1.165) is 70.6 Å². The quantitative estimate of drug-likeness (QED) is 0.0318. The van der Waals surface area contributed by atoms with E-state index in [1.165, 1.54) is 12.0 Å². The molecule has 8 atom stereocenters. The van der Waals surface area contributed by atoms with E-state index in [9.17, 15) is 42.3 Å². The van der Waals surface area contributed by atoms with E-state index >= 15 is 0 Å². The Kier molecular flexibility index (Phi) is 24.9. The number of alkyl halides is 3. The third-order valence-corrected chi connectivity index (χ3v) is 14.4. The van der Waals surface area contributed by atoms with Gasteiger partial charge in [-0.2, -0.15) is 13.2 Å². The summed E-state index contributed by atoms with van der Waals surface area (Å²) in [5.74, 6) is -1.08. The Bertz CT molecular complexity index is 1450. The Balaban J connectivity index is 1.45. The Morgan fingerprint density at radius 2 is 1.61 bits per heavy atom. The maximum Gasteiger partial charge on any atom is 0.394 e. The lowest BCUT2D eigenvalue weighted by Gasteiger charge is -2.42. The summed E-state index contributed by atoms with van der Waals surface area (Å²) in [4.78, 5) is 68.3. The molecule has 3 aliphatic rings. The minimum Gasteiger partial charge on any atom is -0.381 e. The average Bonchev–Trinajstić information content (AvgIpc) is 3.26. The number of unbranched alkanes of at least 4 members (excludes halogenated alkanes) is 4. The first-order valence-electron chi connectivity index (χ1n) is 24.4. The lowest BCUT2D eigenvalue weighted by molar-refractivity contribution is -0.215. The first kappa shape index (κ1) is 55.2. The molecule has 0 aromatic heterocycles. The van der Waals surface area contributed by atoms with Gasteiger partial charge in [-0.3, -0.25) is 24.1 Å². The van der Waals surface area contributed by atoms with Gasteiger partial charge in [0.25, 0.3) is 0 Å². The smallest absolute Gasteiger partial charge is 0.381 e. The second-order valence-electron chi connectivity index (χ2n) is 19.1. The predicted molar refractivity (Wildman–Crippen MR) is 243 cm³/mol. The molecule has 13 nitrogen and oxygen atoms in total. The van der Waals surface area contributed by atoms with Crippen molar-refractivity contribution in [3.05, 3.63) is 12.2 Å². The van der Waals surface area contributed by atoms with Crippen LogP contribution in [0.1, 0.15) is 142 Å². The topological polar surface area (TPSA) is 161 Å². The van der Waals surface area contributed by atoms with Gasteiger partial charge in [-0.25, -0.2) is 0 Å². The van der Waals surface area contributed by atoms with Crippen molar-refractivity contribution in [2.24, 2.45) is 29.6 Å². The zero-order valence-electron chi connectivity index (χ0n) is 39.8. The van der Waals surface area contributed by atoms with Gasteiger partial charge in [0.2, 0.25) is 23.6 Å². The van der Waals surface area contributed by atoms with Gasteiger partial charge in [0.1, 0.15) is 18.6 Å².